The van der Waals surface area contributed by atoms with E-state index in [0.29, 0.717) is 28.3 Å². The molecule has 0 bridgehead atoms. The van der Waals surface area contributed by atoms with Gasteiger partial charge in [-0.05, 0) is 61.0 Å². The van der Waals surface area contributed by atoms with Crippen LogP contribution in [0.3, 0.4) is 0 Å². The highest BCUT2D eigenvalue weighted by Crippen LogP contribution is 2.35. The van der Waals surface area contributed by atoms with E-state index in [-0.39, 0.29) is 0 Å². The number of nitrogens with one attached hydrogen (secondary N) is 1. The minimum Gasteiger partial charge on any atom is -0.485 e. The van der Waals surface area contributed by atoms with Crippen molar-refractivity contribution in [1.29, 1.82) is 0 Å². The molecule has 0 spiro atoms. The molecule has 112 valence electrons. The van der Waals surface area contributed by atoms with Crippen LogP contribution in [0.4, 0.5) is 0 Å². The summed E-state index contributed by atoms with van der Waals surface area (Å²) >= 11 is 14.0. The van der Waals surface area contributed by atoms with Crippen LogP contribution in [0.25, 0.3) is 0 Å². The number of hydrogen-bond acceptors (Lipinski definition) is 3. The smallest absolute Gasteiger partial charge is 0.157 e. The van der Waals surface area contributed by atoms with Crippen LogP contribution in [0, 0.1) is 0 Å². The summed E-state index contributed by atoms with van der Waals surface area (Å²) in [6.07, 6.45) is 2.38. The Morgan fingerprint density at radius 2 is 1.86 bits per heavy atom. The molecule has 1 aliphatic heterocycles. The van der Waals surface area contributed by atoms with Gasteiger partial charge in [-0.2, -0.15) is 0 Å². The van der Waals surface area contributed by atoms with Gasteiger partial charge in [0.15, 0.2) is 5.75 Å². The molecule has 1 saturated heterocycles. The Morgan fingerprint density at radius 3 is 2.57 bits per heavy atom. The van der Waals surface area contributed by atoms with Crippen LogP contribution in [0.2, 0.25) is 10.0 Å². The summed E-state index contributed by atoms with van der Waals surface area (Å²) in [4.78, 5) is 1.28. The minimum absolute atomic E-state index is 0.528. The molecule has 1 aromatic carbocycles. The molecule has 21 heavy (non-hydrogen) atoms. The van der Waals surface area contributed by atoms with E-state index in [9.17, 15) is 0 Å². The van der Waals surface area contributed by atoms with Crippen molar-refractivity contribution in [2.24, 2.45) is 0 Å². The summed E-state index contributed by atoms with van der Waals surface area (Å²) in [5.41, 5.74) is 1.42. The third kappa shape index (κ3) is 3.54. The molecular weight excluding hydrogens is 325 g/mol. The SMILES string of the molecule is Clc1cccc(Cl)c1OCc1sccc1C1CCNCC1. The van der Waals surface area contributed by atoms with Crippen molar-refractivity contribution in [2.45, 2.75) is 25.4 Å². The van der Waals surface area contributed by atoms with Crippen molar-refractivity contribution in [3.63, 3.8) is 0 Å². The average molecular weight is 342 g/mol. The summed E-state index contributed by atoms with van der Waals surface area (Å²) in [6.45, 7) is 2.72. The number of halogens is 2. The lowest BCUT2D eigenvalue weighted by molar-refractivity contribution is 0.307. The van der Waals surface area contributed by atoms with E-state index in [1.807, 2.05) is 6.07 Å². The van der Waals surface area contributed by atoms with E-state index in [0.717, 1.165) is 13.1 Å². The van der Waals surface area contributed by atoms with Gasteiger partial charge in [0.25, 0.3) is 0 Å². The fraction of sp³-hybridized carbons (Fsp3) is 0.375. The highest BCUT2D eigenvalue weighted by atomic mass is 35.5. The molecule has 0 radical (unpaired) electrons. The third-order valence-electron chi connectivity index (χ3n) is 3.83. The zero-order valence-corrected chi connectivity index (χ0v) is 13.9. The first-order valence-corrected chi connectivity index (χ1v) is 8.73. The van der Waals surface area contributed by atoms with E-state index in [2.05, 4.69) is 16.8 Å². The van der Waals surface area contributed by atoms with Crippen molar-refractivity contribution in [1.82, 2.24) is 5.32 Å². The Hall–Kier alpha value is -0.740. The molecule has 2 aromatic rings. The molecular formula is C16H17Cl2NOS. The van der Waals surface area contributed by atoms with Gasteiger partial charge in [0.1, 0.15) is 6.61 Å². The van der Waals surface area contributed by atoms with Crippen molar-refractivity contribution in [2.75, 3.05) is 13.1 Å². The average Bonchev–Trinajstić information content (AvgIpc) is 2.96. The number of rotatable bonds is 4. The molecule has 1 fully saturated rings. The number of hydrogen-bond donors (Lipinski definition) is 1. The minimum atomic E-state index is 0.528. The van der Waals surface area contributed by atoms with Crippen LogP contribution in [0.1, 0.15) is 29.2 Å². The summed E-state index contributed by atoms with van der Waals surface area (Å²) < 4.78 is 5.87. The molecule has 1 aromatic heterocycles. The molecule has 5 heteroatoms. The second kappa shape index (κ2) is 7.01. The van der Waals surface area contributed by atoms with Crippen LogP contribution in [-0.4, -0.2) is 13.1 Å². The molecule has 2 heterocycles. The summed E-state index contributed by atoms with van der Waals surface area (Å²) in [7, 11) is 0. The van der Waals surface area contributed by atoms with Crippen LogP contribution in [0.15, 0.2) is 29.6 Å². The van der Waals surface area contributed by atoms with Gasteiger partial charge in [-0.1, -0.05) is 29.3 Å². The molecule has 1 N–H and O–H groups in total. The number of piperidine rings is 1. The van der Waals surface area contributed by atoms with Gasteiger partial charge in [0.2, 0.25) is 0 Å². The van der Waals surface area contributed by atoms with Gasteiger partial charge in [-0.25, -0.2) is 0 Å². The quantitative estimate of drug-likeness (QED) is 0.835. The summed E-state index contributed by atoms with van der Waals surface area (Å²) in [6, 6.07) is 7.65. The maximum Gasteiger partial charge on any atom is 0.157 e. The number of ether oxygens (including phenoxy) is 1. The Morgan fingerprint density at radius 1 is 1.14 bits per heavy atom. The van der Waals surface area contributed by atoms with Crippen LogP contribution in [-0.2, 0) is 6.61 Å². The molecule has 0 unspecified atom stereocenters. The van der Waals surface area contributed by atoms with Crippen LogP contribution < -0.4 is 10.1 Å². The van der Waals surface area contributed by atoms with Crippen molar-refractivity contribution >= 4 is 34.5 Å². The molecule has 0 saturated carbocycles. The zero-order valence-electron chi connectivity index (χ0n) is 11.6. The Kier molecular flexibility index (Phi) is 5.07. The Bertz CT molecular complexity index is 588. The van der Waals surface area contributed by atoms with Gasteiger partial charge < -0.3 is 10.1 Å². The normalized spacial score (nSPS) is 16.1. The molecule has 3 rings (SSSR count). The Labute approximate surface area is 139 Å². The number of benzene rings is 1. The predicted molar refractivity (Wildman–Crippen MR) is 90.0 cm³/mol. The van der Waals surface area contributed by atoms with E-state index < -0.39 is 0 Å². The van der Waals surface area contributed by atoms with Gasteiger partial charge in [-0.3, -0.25) is 0 Å². The first-order chi connectivity index (χ1) is 10.3. The first-order valence-electron chi connectivity index (χ1n) is 7.09. The predicted octanol–water partition coefficient (Wildman–Crippen LogP) is 5.10. The van der Waals surface area contributed by atoms with Crippen molar-refractivity contribution < 1.29 is 4.74 Å². The molecule has 2 nitrogen and oxygen atoms in total. The first kappa shape index (κ1) is 15.2. The lowest BCUT2D eigenvalue weighted by Crippen LogP contribution is -2.26. The second-order valence-electron chi connectivity index (χ2n) is 5.16. The van der Waals surface area contributed by atoms with Crippen LogP contribution >= 0.6 is 34.5 Å². The summed E-state index contributed by atoms with van der Waals surface area (Å²) in [5.74, 6) is 1.21. The Balaban J connectivity index is 1.72. The topological polar surface area (TPSA) is 21.3 Å². The molecule has 1 aliphatic rings. The van der Waals surface area contributed by atoms with E-state index in [4.69, 9.17) is 27.9 Å². The summed E-state index contributed by atoms with van der Waals surface area (Å²) in [5, 5.41) is 6.66. The number of thiophene rings is 1. The van der Waals surface area contributed by atoms with E-state index in [1.165, 1.54) is 23.3 Å². The van der Waals surface area contributed by atoms with Crippen LogP contribution in [0.5, 0.6) is 5.75 Å². The molecule has 0 aliphatic carbocycles. The molecule has 0 atom stereocenters. The fourth-order valence-electron chi connectivity index (χ4n) is 2.72. The van der Waals surface area contributed by atoms with Crippen molar-refractivity contribution in [3.05, 3.63) is 50.1 Å². The molecule has 0 amide bonds. The maximum absolute atomic E-state index is 6.14. The number of para-hydroxylation sites is 1. The van der Waals surface area contributed by atoms with Crippen molar-refractivity contribution in [3.8, 4) is 5.75 Å². The van der Waals surface area contributed by atoms with Gasteiger partial charge >= 0.3 is 0 Å². The highest BCUT2D eigenvalue weighted by Gasteiger charge is 2.19. The van der Waals surface area contributed by atoms with Gasteiger partial charge in [0.05, 0.1) is 10.0 Å². The largest absolute Gasteiger partial charge is 0.485 e. The van der Waals surface area contributed by atoms with Gasteiger partial charge in [-0.15, -0.1) is 11.3 Å². The fourth-order valence-corrected chi connectivity index (χ4v) is 4.11. The lowest BCUT2D eigenvalue weighted by Gasteiger charge is -2.23. The lowest BCUT2D eigenvalue weighted by atomic mass is 9.91. The van der Waals surface area contributed by atoms with E-state index in [1.54, 1.807) is 23.5 Å². The monoisotopic (exact) mass is 341 g/mol. The van der Waals surface area contributed by atoms with E-state index >= 15 is 0 Å². The van der Waals surface area contributed by atoms with Gasteiger partial charge in [0, 0.05) is 4.88 Å². The third-order valence-corrected chi connectivity index (χ3v) is 5.33. The standard InChI is InChI=1S/C16H17Cl2NOS/c17-13-2-1-3-14(18)16(13)20-10-15-12(6-9-21-15)11-4-7-19-8-5-11/h1-3,6,9,11,19H,4-5,7-8,10H2. The zero-order chi connectivity index (χ0) is 14.7. The maximum atomic E-state index is 6.14. The second-order valence-corrected chi connectivity index (χ2v) is 6.98. The highest BCUT2D eigenvalue weighted by molar-refractivity contribution is 7.10.